The summed E-state index contributed by atoms with van der Waals surface area (Å²) in [6.45, 7) is 4.45. The summed E-state index contributed by atoms with van der Waals surface area (Å²) >= 11 is 0. The van der Waals surface area contributed by atoms with Crippen LogP contribution in [0.15, 0.2) is 30.3 Å². The van der Waals surface area contributed by atoms with E-state index >= 15 is 0 Å². The van der Waals surface area contributed by atoms with E-state index in [0.717, 1.165) is 12.8 Å². The van der Waals surface area contributed by atoms with Crippen molar-refractivity contribution < 1.29 is 18.7 Å². The number of para-hydroxylation sites is 1. The summed E-state index contributed by atoms with van der Waals surface area (Å²) in [5.41, 5.74) is 0. The molecule has 0 heterocycles. The second-order valence-electron chi connectivity index (χ2n) is 5.35. The van der Waals surface area contributed by atoms with Gasteiger partial charge in [0.2, 0.25) is 0 Å². The summed E-state index contributed by atoms with van der Waals surface area (Å²) in [7, 11) is -3.15. The molecular weight excluding hydrogens is 299 g/mol. The molecule has 0 aliphatic rings. The summed E-state index contributed by atoms with van der Waals surface area (Å²) in [5, 5.41) is 0. The van der Waals surface area contributed by atoms with Crippen LogP contribution < -0.4 is 4.89 Å². The topological polar surface area (TPSA) is 44.8 Å². The van der Waals surface area contributed by atoms with Gasteiger partial charge in [0.15, 0.2) is 5.75 Å². The van der Waals surface area contributed by atoms with Gasteiger partial charge in [-0.25, -0.2) is 0 Å². The molecule has 1 atom stereocenters. The van der Waals surface area contributed by atoms with E-state index in [4.69, 9.17) is 14.1 Å². The van der Waals surface area contributed by atoms with Gasteiger partial charge in [0.1, 0.15) is 0 Å². The van der Waals surface area contributed by atoms with Crippen LogP contribution in [-0.2, 0) is 13.8 Å². The Hall–Kier alpha value is -0.830. The third kappa shape index (κ3) is 8.57. The molecule has 0 aliphatic carbocycles. The van der Waals surface area contributed by atoms with Crippen molar-refractivity contribution in [3.8, 4) is 5.75 Å². The zero-order valence-electron chi connectivity index (χ0n) is 13.8. The minimum absolute atomic E-state index is 0.302. The molecule has 1 unspecified atom stereocenters. The van der Waals surface area contributed by atoms with Crippen molar-refractivity contribution >= 4 is 7.60 Å². The van der Waals surface area contributed by atoms with Gasteiger partial charge in [-0.1, -0.05) is 75.2 Å². The molecule has 1 aromatic carbocycles. The van der Waals surface area contributed by atoms with E-state index in [1.165, 1.54) is 32.1 Å². The number of unbranched alkanes of at least 4 members (excludes halogenated alkanes) is 6. The normalized spacial score (nSPS) is 13.7. The highest BCUT2D eigenvalue weighted by Crippen LogP contribution is 2.48. The molecule has 1 aromatic rings. The Morgan fingerprint density at radius 1 is 0.909 bits per heavy atom. The Balaban J connectivity index is 2.16. The predicted octanol–water partition coefficient (Wildman–Crippen LogP) is 5.98. The maximum Gasteiger partial charge on any atom is 0.368 e. The van der Waals surface area contributed by atoms with E-state index in [1.807, 2.05) is 18.2 Å². The number of benzene rings is 1. The Morgan fingerprint density at radius 2 is 1.55 bits per heavy atom. The largest absolute Gasteiger partial charge is 0.368 e. The summed E-state index contributed by atoms with van der Waals surface area (Å²) in [4.78, 5) is 5.10. The van der Waals surface area contributed by atoms with Crippen LogP contribution in [0.2, 0.25) is 0 Å². The fourth-order valence-corrected chi connectivity index (χ4v) is 2.94. The van der Waals surface area contributed by atoms with Gasteiger partial charge < -0.3 is 9.41 Å². The molecule has 0 amide bonds. The molecule has 0 aromatic heterocycles. The highest BCUT2D eigenvalue weighted by Gasteiger charge is 2.24. The molecule has 126 valence electrons. The van der Waals surface area contributed by atoms with E-state index in [0.29, 0.717) is 18.5 Å². The molecule has 0 bridgehead atoms. The Morgan fingerprint density at radius 3 is 2.18 bits per heavy atom. The van der Waals surface area contributed by atoms with E-state index in [1.54, 1.807) is 19.1 Å². The van der Waals surface area contributed by atoms with E-state index in [-0.39, 0.29) is 0 Å². The molecule has 22 heavy (non-hydrogen) atoms. The maximum absolute atomic E-state index is 12.4. The predicted molar refractivity (Wildman–Crippen MR) is 90.2 cm³/mol. The minimum Gasteiger partial charge on any atom is -0.329 e. The quantitative estimate of drug-likeness (QED) is 0.193. The third-order valence-electron chi connectivity index (χ3n) is 3.41. The smallest absolute Gasteiger partial charge is 0.329 e. The van der Waals surface area contributed by atoms with Crippen molar-refractivity contribution in [3.63, 3.8) is 0 Å². The molecule has 0 saturated carbocycles. The van der Waals surface area contributed by atoms with Crippen molar-refractivity contribution in [2.24, 2.45) is 0 Å². The lowest BCUT2D eigenvalue weighted by Crippen LogP contribution is -2.03. The van der Waals surface area contributed by atoms with Crippen LogP contribution in [0.1, 0.15) is 58.8 Å². The monoisotopic (exact) mass is 328 g/mol. The second kappa shape index (κ2) is 11.7. The van der Waals surface area contributed by atoms with Gasteiger partial charge in [0.05, 0.1) is 12.8 Å². The van der Waals surface area contributed by atoms with Crippen LogP contribution in [0.25, 0.3) is 0 Å². The van der Waals surface area contributed by atoms with Crippen molar-refractivity contribution in [1.29, 1.82) is 0 Å². The van der Waals surface area contributed by atoms with Gasteiger partial charge in [0, 0.05) is 0 Å². The molecule has 0 radical (unpaired) electrons. The van der Waals surface area contributed by atoms with Crippen molar-refractivity contribution in [2.45, 2.75) is 58.8 Å². The maximum atomic E-state index is 12.4. The van der Waals surface area contributed by atoms with Crippen LogP contribution in [0.3, 0.4) is 0 Å². The van der Waals surface area contributed by atoms with Crippen molar-refractivity contribution in [2.75, 3.05) is 12.8 Å². The first-order chi connectivity index (χ1) is 10.7. The van der Waals surface area contributed by atoms with Gasteiger partial charge in [-0.2, -0.15) is 0 Å². The van der Waals surface area contributed by atoms with Gasteiger partial charge in [-0.3, -0.25) is 4.57 Å². The van der Waals surface area contributed by atoms with Gasteiger partial charge in [0.25, 0.3) is 0 Å². The Kier molecular flexibility index (Phi) is 10.2. The standard InChI is InChI=1S/C17H29O4P/c1-3-5-6-7-8-9-13-16-19-22(18,4-2)21-20-17-14-11-10-12-15-17/h10-12,14-15H,3-9,13,16H2,1-2H3. The van der Waals surface area contributed by atoms with Crippen LogP contribution in [-0.4, -0.2) is 12.8 Å². The van der Waals surface area contributed by atoms with Gasteiger partial charge in [-0.15, -0.1) is 0 Å². The lowest BCUT2D eigenvalue weighted by atomic mass is 10.1. The first kappa shape index (κ1) is 19.2. The molecule has 0 spiro atoms. The number of hydrogen-bond acceptors (Lipinski definition) is 4. The van der Waals surface area contributed by atoms with Crippen LogP contribution in [0, 0.1) is 0 Å². The molecule has 5 heteroatoms. The van der Waals surface area contributed by atoms with E-state index in [2.05, 4.69) is 6.92 Å². The van der Waals surface area contributed by atoms with Gasteiger partial charge in [-0.05, 0) is 18.6 Å². The van der Waals surface area contributed by atoms with Crippen LogP contribution >= 0.6 is 7.60 Å². The van der Waals surface area contributed by atoms with Crippen molar-refractivity contribution in [1.82, 2.24) is 0 Å². The van der Waals surface area contributed by atoms with Gasteiger partial charge >= 0.3 is 7.60 Å². The van der Waals surface area contributed by atoms with Crippen LogP contribution in [0.4, 0.5) is 0 Å². The van der Waals surface area contributed by atoms with Crippen molar-refractivity contribution in [3.05, 3.63) is 30.3 Å². The number of hydrogen-bond donors (Lipinski definition) is 0. The fraction of sp³-hybridized carbons (Fsp3) is 0.647. The highest BCUT2D eigenvalue weighted by atomic mass is 31.2. The first-order valence-corrected chi connectivity index (χ1v) is 10.1. The second-order valence-corrected chi connectivity index (χ2v) is 7.61. The molecule has 0 saturated heterocycles. The lowest BCUT2D eigenvalue weighted by Gasteiger charge is -2.15. The highest BCUT2D eigenvalue weighted by molar-refractivity contribution is 7.53. The Bertz CT molecular complexity index is 422. The summed E-state index contributed by atoms with van der Waals surface area (Å²) in [6.07, 6.45) is 8.68. The average Bonchev–Trinajstić information content (AvgIpc) is 2.56. The summed E-state index contributed by atoms with van der Waals surface area (Å²) < 4.78 is 22.9. The minimum atomic E-state index is -3.15. The molecular formula is C17H29O4P. The molecule has 0 N–H and O–H groups in total. The average molecular weight is 328 g/mol. The summed E-state index contributed by atoms with van der Waals surface area (Å²) in [5.74, 6) is 0.524. The Labute approximate surface area is 134 Å². The lowest BCUT2D eigenvalue weighted by molar-refractivity contribution is -0.112. The molecule has 1 rings (SSSR count). The zero-order chi connectivity index (χ0) is 16.1. The molecule has 0 aliphatic heterocycles. The number of rotatable bonds is 13. The van der Waals surface area contributed by atoms with E-state index < -0.39 is 7.60 Å². The van der Waals surface area contributed by atoms with Crippen LogP contribution in [0.5, 0.6) is 5.75 Å². The first-order valence-electron chi connectivity index (χ1n) is 8.35. The SMILES string of the molecule is CCCCCCCCCOP(=O)(CC)OOc1ccccc1. The third-order valence-corrected chi connectivity index (χ3v) is 5.07. The summed E-state index contributed by atoms with van der Waals surface area (Å²) in [6, 6.07) is 9.03. The molecule has 4 nitrogen and oxygen atoms in total. The fourth-order valence-electron chi connectivity index (χ4n) is 2.00. The van der Waals surface area contributed by atoms with E-state index in [9.17, 15) is 4.57 Å². The zero-order valence-corrected chi connectivity index (χ0v) is 14.7. The molecule has 0 fully saturated rings.